The first-order valence-electron chi connectivity index (χ1n) is 7.00. The van der Waals surface area contributed by atoms with Gasteiger partial charge < -0.3 is 10.1 Å². The number of ether oxygens (including phenoxy) is 1. The molecule has 108 valence electrons. The van der Waals surface area contributed by atoms with Gasteiger partial charge in [-0.25, -0.2) is 4.79 Å². The van der Waals surface area contributed by atoms with Crippen LogP contribution in [0.3, 0.4) is 0 Å². The van der Waals surface area contributed by atoms with Gasteiger partial charge in [0.2, 0.25) is 0 Å². The van der Waals surface area contributed by atoms with Gasteiger partial charge in [0.25, 0.3) is 0 Å². The second kappa shape index (κ2) is 7.03. The van der Waals surface area contributed by atoms with Crippen molar-refractivity contribution < 1.29 is 14.3 Å². The molecule has 5 nitrogen and oxygen atoms in total. The number of ketones is 1. The lowest BCUT2D eigenvalue weighted by Gasteiger charge is -2.29. The number of nitrogens with zero attached hydrogens (tertiary/aromatic N) is 1. The summed E-state index contributed by atoms with van der Waals surface area (Å²) in [6.07, 6.45) is 4.95. The van der Waals surface area contributed by atoms with Crippen molar-refractivity contribution in [2.45, 2.75) is 45.3 Å². The standard InChI is InChI=1S/C15H20N2O3/c1-11(18)13-7-2-3-8-14(13)17-15(19)20-10-12-6-4-5-9-16-12/h4-6,9,13-14H,2-3,7-8,10H2,1H3,(H,17,19). The maximum Gasteiger partial charge on any atom is 0.407 e. The van der Waals surface area contributed by atoms with Crippen LogP contribution >= 0.6 is 0 Å². The first kappa shape index (κ1) is 14.5. The summed E-state index contributed by atoms with van der Waals surface area (Å²) in [5.41, 5.74) is 0.703. The largest absolute Gasteiger partial charge is 0.443 e. The normalized spacial score (nSPS) is 22.1. The Balaban J connectivity index is 1.82. The molecule has 2 unspecified atom stereocenters. The number of aromatic nitrogens is 1. The van der Waals surface area contributed by atoms with Crippen LogP contribution in [0.5, 0.6) is 0 Å². The molecule has 1 saturated carbocycles. The Bertz CT molecular complexity index is 461. The molecular formula is C15H20N2O3. The van der Waals surface area contributed by atoms with Crippen molar-refractivity contribution in [3.8, 4) is 0 Å². The smallest absolute Gasteiger partial charge is 0.407 e. The van der Waals surface area contributed by atoms with E-state index in [1.165, 1.54) is 0 Å². The van der Waals surface area contributed by atoms with Gasteiger partial charge in [-0.05, 0) is 31.9 Å². The molecule has 0 radical (unpaired) electrons. The van der Waals surface area contributed by atoms with Crippen LogP contribution < -0.4 is 5.32 Å². The van der Waals surface area contributed by atoms with Crippen molar-refractivity contribution >= 4 is 11.9 Å². The van der Waals surface area contributed by atoms with Gasteiger partial charge in [-0.1, -0.05) is 18.9 Å². The minimum Gasteiger partial charge on any atom is -0.443 e. The molecule has 0 aliphatic heterocycles. The fourth-order valence-electron chi connectivity index (χ4n) is 2.61. The van der Waals surface area contributed by atoms with Gasteiger partial charge in [0.15, 0.2) is 0 Å². The van der Waals surface area contributed by atoms with Crippen molar-refractivity contribution in [1.29, 1.82) is 0 Å². The molecule has 0 bridgehead atoms. The predicted octanol–water partition coefficient (Wildman–Crippen LogP) is 2.46. The number of pyridine rings is 1. The topological polar surface area (TPSA) is 68.3 Å². The number of Topliss-reactive ketones (excluding diaryl/α,β-unsaturated/α-hetero) is 1. The van der Waals surface area contributed by atoms with Crippen LogP contribution in [0.1, 0.15) is 38.3 Å². The van der Waals surface area contributed by atoms with Gasteiger partial charge in [-0.3, -0.25) is 9.78 Å². The summed E-state index contributed by atoms with van der Waals surface area (Å²) >= 11 is 0. The Morgan fingerprint density at radius 2 is 2.15 bits per heavy atom. The third-order valence-corrected chi connectivity index (χ3v) is 3.67. The fourth-order valence-corrected chi connectivity index (χ4v) is 2.61. The molecule has 5 heteroatoms. The Hall–Kier alpha value is -1.91. The Morgan fingerprint density at radius 3 is 2.85 bits per heavy atom. The van der Waals surface area contributed by atoms with Crippen LogP contribution in [0.15, 0.2) is 24.4 Å². The van der Waals surface area contributed by atoms with E-state index in [9.17, 15) is 9.59 Å². The Morgan fingerprint density at radius 1 is 1.35 bits per heavy atom. The average molecular weight is 276 g/mol. The highest BCUT2D eigenvalue weighted by atomic mass is 16.5. The zero-order chi connectivity index (χ0) is 14.4. The SMILES string of the molecule is CC(=O)C1CCCCC1NC(=O)OCc1ccccn1. The quantitative estimate of drug-likeness (QED) is 0.917. The van der Waals surface area contributed by atoms with Gasteiger partial charge in [0, 0.05) is 18.2 Å². The van der Waals surface area contributed by atoms with Crippen LogP contribution in [-0.4, -0.2) is 22.9 Å². The lowest BCUT2D eigenvalue weighted by molar-refractivity contribution is -0.122. The van der Waals surface area contributed by atoms with E-state index in [1.54, 1.807) is 19.2 Å². The molecule has 0 aromatic carbocycles. The van der Waals surface area contributed by atoms with Crippen LogP contribution in [0.2, 0.25) is 0 Å². The van der Waals surface area contributed by atoms with Gasteiger partial charge in [-0.2, -0.15) is 0 Å². The number of carbonyl (C=O) groups is 2. The zero-order valence-electron chi connectivity index (χ0n) is 11.7. The molecule has 1 fully saturated rings. The summed E-state index contributed by atoms with van der Waals surface area (Å²) in [5.74, 6) is 0.0610. The predicted molar refractivity (Wildman–Crippen MR) is 74.0 cm³/mol. The Labute approximate surface area is 118 Å². The molecule has 1 N–H and O–H groups in total. The summed E-state index contributed by atoms with van der Waals surface area (Å²) < 4.78 is 5.14. The number of nitrogens with one attached hydrogen (secondary N) is 1. The molecule has 1 heterocycles. The zero-order valence-corrected chi connectivity index (χ0v) is 11.7. The van der Waals surface area contributed by atoms with Crippen LogP contribution in [0.25, 0.3) is 0 Å². The van der Waals surface area contributed by atoms with Gasteiger partial charge in [-0.15, -0.1) is 0 Å². The summed E-state index contributed by atoms with van der Waals surface area (Å²) in [4.78, 5) is 27.4. The number of hydrogen-bond donors (Lipinski definition) is 1. The van der Waals surface area contributed by atoms with Gasteiger partial charge in [0.1, 0.15) is 12.4 Å². The van der Waals surface area contributed by atoms with E-state index in [0.717, 1.165) is 25.7 Å². The van der Waals surface area contributed by atoms with E-state index in [4.69, 9.17) is 4.74 Å². The molecule has 20 heavy (non-hydrogen) atoms. The van der Waals surface area contributed by atoms with Gasteiger partial charge in [0.05, 0.1) is 5.69 Å². The molecule has 0 saturated heterocycles. The average Bonchev–Trinajstić information content (AvgIpc) is 2.46. The lowest BCUT2D eigenvalue weighted by atomic mass is 9.82. The van der Waals surface area contributed by atoms with E-state index >= 15 is 0 Å². The summed E-state index contributed by atoms with van der Waals surface area (Å²) in [6.45, 7) is 1.73. The number of carbonyl (C=O) groups excluding carboxylic acids is 2. The molecule has 1 amide bonds. The summed E-state index contributed by atoms with van der Waals surface area (Å²) in [5, 5.41) is 2.81. The van der Waals surface area contributed by atoms with Crippen molar-refractivity contribution in [1.82, 2.24) is 10.3 Å². The number of alkyl carbamates (subject to hydrolysis) is 1. The number of rotatable bonds is 4. The van der Waals surface area contributed by atoms with E-state index in [-0.39, 0.29) is 24.3 Å². The minimum absolute atomic E-state index is 0.0776. The second-order valence-corrected chi connectivity index (χ2v) is 5.15. The number of amides is 1. The van der Waals surface area contributed by atoms with E-state index in [1.807, 2.05) is 12.1 Å². The summed E-state index contributed by atoms with van der Waals surface area (Å²) in [7, 11) is 0. The van der Waals surface area contributed by atoms with E-state index in [2.05, 4.69) is 10.3 Å². The highest BCUT2D eigenvalue weighted by Gasteiger charge is 2.29. The molecule has 2 rings (SSSR count). The van der Waals surface area contributed by atoms with Crippen molar-refractivity contribution in [2.24, 2.45) is 5.92 Å². The molecule has 1 aliphatic rings. The maximum atomic E-state index is 11.8. The highest BCUT2D eigenvalue weighted by Crippen LogP contribution is 2.25. The fraction of sp³-hybridized carbons (Fsp3) is 0.533. The van der Waals surface area contributed by atoms with Crippen molar-refractivity contribution in [2.75, 3.05) is 0 Å². The third-order valence-electron chi connectivity index (χ3n) is 3.67. The van der Waals surface area contributed by atoms with Crippen LogP contribution in [-0.2, 0) is 16.1 Å². The molecular weight excluding hydrogens is 256 g/mol. The second-order valence-electron chi connectivity index (χ2n) is 5.15. The number of hydrogen-bond acceptors (Lipinski definition) is 4. The minimum atomic E-state index is -0.478. The van der Waals surface area contributed by atoms with E-state index < -0.39 is 6.09 Å². The first-order valence-corrected chi connectivity index (χ1v) is 7.00. The molecule has 2 atom stereocenters. The first-order chi connectivity index (χ1) is 9.66. The molecule has 1 aromatic heterocycles. The van der Waals surface area contributed by atoms with Crippen molar-refractivity contribution in [3.63, 3.8) is 0 Å². The van der Waals surface area contributed by atoms with Crippen molar-refractivity contribution in [3.05, 3.63) is 30.1 Å². The molecule has 1 aliphatic carbocycles. The van der Waals surface area contributed by atoms with Crippen LogP contribution in [0.4, 0.5) is 4.79 Å². The monoisotopic (exact) mass is 276 g/mol. The molecule has 0 spiro atoms. The molecule has 1 aromatic rings. The third kappa shape index (κ3) is 4.05. The summed E-state index contributed by atoms with van der Waals surface area (Å²) in [6, 6.07) is 5.35. The maximum absolute atomic E-state index is 11.8. The van der Waals surface area contributed by atoms with Gasteiger partial charge >= 0.3 is 6.09 Å². The Kier molecular flexibility index (Phi) is 5.09. The lowest BCUT2D eigenvalue weighted by Crippen LogP contribution is -2.44. The van der Waals surface area contributed by atoms with Crippen LogP contribution in [0, 0.1) is 5.92 Å². The highest BCUT2D eigenvalue weighted by molar-refractivity contribution is 5.80. The van der Waals surface area contributed by atoms with E-state index in [0.29, 0.717) is 5.69 Å².